The van der Waals surface area contributed by atoms with Gasteiger partial charge < -0.3 is 10.5 Å². The van der Waals surface area contributed by atoms with Gasteiger partial charge in [0.15, 0.2) is 9.84 Å². The Morgan fingerprint density at radius 1 is 1.40 bits per heavy atom. The molecule has 0 atom stereocenters. The molecule has 1 rings (SSSR count). The van der Waals surface area contributed by atoms with Crippen molar-refractivity contribution in [1.82, 2.24) is 0 Å². The van der Waals surface area contributed by atoms with Crippen LogP contribution in [0, 0.1) is 0 Å². The van der Waals surface area contributed by atoms with E-state index in [9.17, 15) is 8.42 Å². The maximum atomic E-state index is 11.7. The van der Waals surface area contributed by atoms with Crippen LogP contribution in [0.3, 0.4) is 0 Å². The van der Waals surface area contributed by atoms with Crippen LogP contribution in [0.25, 0.3) is 0 Å². The largest absolute Gasteiger partial charge is 0.497 e. The van der Waals surface area contributed by atoms with E-state index in [1.54, 1.807) is 18.2 Å². The Balaban J connectivity index is 2.94. The predicted octanol–water partition coefficient (Wildman–Crippen LogP) is 0.818. The summed E-state index contributed by atoms with van der Waals surface area (Å²) in [7, 11) is -1.71. The van der Waals surface area contributed by atoms with E-state index in [-0.39, 0.29) is 10.6 Å². The van der Waals surface area contributed by atoms with Gasteiger partial charge in [-0.3, -0.25) is 0 Å². The fourth-order valence-corrected chi connectivity index (χ4v) is 2.55. The average Bonchev–Trinajstić information content (AvgIpc) is 2.26. The lowest BCUT2D eigenvalue weighted by molar-refractivity contribution is 0.413. The van der Waals surface area contributed by atoms with E-state index in [4.69, 9.17) is 10.5 Å². The zero-order valence-corrected chi connectivity index (χ0v) is 9.46. The third kappa shape index (κ3) is 3.21. The Morgan fingerprint density at radius 2 is 2.13 bits per heavy atom. The Kier molecular flexibility index (Phi) is 4.11. The van der Waals surface area contributed by atoms with Crippen molar-refractivity contribution in [1.29, 1.82) is 0 Å². The van der Waals surface area contributed by atoms with E-state index in [1.165, 1.54) is 13.2 Å². The second-order valence-corrected chi connectivity index (χ2v) is 5.25. The number of hydrogen-bond donors (Lipinski definition) is 1. The van der Waals surface area contributed by atoms with E-state index in [0.717, 1.165) is 0 Å². The van der Waals surface area contributed by atoms with Gasteiger partial charge in [0.2, 0.25) is 0 Å². The number of hydrogen-bond acceptors (Lipinski definition) is 4. The van der Waals surface area contributed by atoms with Gasteiger partial charge in [-0.25, -0.2) is 8.42 Å². The molecule has 0 aliphatic heterocycles. The fraction of sp³-hybridized carbons (Fsp3) is 0.400. The highest BCUT2D eigenvalue weighted by Gasteiger charge is 2.13. The summed E-state index contributed by atoms with van der Waals surface area (Å²) < 4.78 is 28.5. The zero-order valence-electron chi connectivity index (χ0n) is 8.64. The SMILES string of the molecule is COc1cccc(S(=O)(=O)CCCN)c1. The van der Waals surface area contributed by atoms with Crippen molar-refractivity contribution in [3.8, 4) is 5.75 Å². The molecule has 0 saturated heterocycles. The lowest BCUT2D eigenvalue weighted by atomic mass is 10.3. The van der Waals surface area contributed by atoms with Gasteiger partial charge in [0, 0.05) is 0 Å². The number of benzene rings is 1. The van der Waals surface area contributed by atoms with Crippen molar-refractivity contribution < 1.29 is 13.2 Å². The van der Waals surface area contributed by atoms with E-state index in [2.05, 4.69) is 0 Å². The summed E-state index contributed by atoms with van der Waals surface area (Å²) in [6, 6.07) is 6.45. The smallest absolute Gasteiger partial charge is 0.178 e. The average molecular weight is 229 g/mol. The van der Waals surface area contributed by atoms with Crippen molar-refractivity contribution in [3.63, 3.8) is 0 Å². The number of rotatable bonds is 5. The summed E-state index contributed by atoms with van der Waals surface area (Å²) >= 11 is 0. The molecular formula is C10H15NO3S. The van der Waals surface area contributed by atoms with Crippen molar-refractivity contribution in [2.75, 3.05) is 19.4 Å². The molecule has 0 aliphatic carbocycles. The molecule has 0 spiro atoms. The summed E-state index contributed by atoms with van der Waals surface area (Å²) in [5.41, 5.74) is 5.28. The van der Waals surface area contributed by atoms with Crippen molar-refractivity contribution in [2.45, 2.75) is 11.3 Å². The molecule has 0 amide bonds. The maximum absolute atomic E-state index is 11.7. The van der Waals surface area contributed by atoms with Crippen LogP contribution in [0.15, 0.2) is 29.2 Å². The molecule has 0 fully saturated rings. The molecule has 0 bridgehead atoms. The molecular weight excluding hydrogens is 214 g/mol. The van der Waals surface area contributed by atoms with Gasteiger partial charge in [-0.15, -0.1) is 0 Å². The van der Waals surface area contributed by atoms with Crippen LogP contribution in [0.5, 0.6) is 5.75 Å². The van der Waals surface area contributed by atoms with Gasteiger partial charge in [-0.05, 0) is 31.2 Å². The first-order valence-corrected chi connectivity index (χ1v) is 6.32. The highest BCUT2D eigenvalue weighted by molar-refractivity contribution is 7.91. The first-order valence-electron chi connectivity index (χ1n) is 4.67. The summed E-state index contributed by atoms with van der Waals surface area (Å²) in [5.74, 6) is 0.625. The van der Waals surface area contributed by atoms with Crippen molar-refractivity contribution in [3.05, 3.63) is 24.3 Å². The number of nitrogens with two attached hydrogens (primary N) is 1. The number of ether oxygens (including phenoxy) is 1. The van der Waals surface area contributed by atoms with Gasteiger partial charge in [0.25, 0.3) is 0 Å². The van der Waals surface area contributed by atoms with E-state index < -0.39 is 9.84 Å². The van der Waals surface area contributed by atoms with Gasteiger partial charge in [0.1, 0.15) is 5.75 Å². The number of sulfone groups is 1. The molecule has 15 heavy (non-hydrogen) atoms. The van der Waals surface area contributed by atoms with Crippen molar-refractivity contribution in [2.24, 2.45) is 5.73 Å². The van der Waals surface area contributed by atoms with Crippen LogP contribution < -0.4 is 10.5 Å². The molecule has 0 heterocycles. The minimum absolute atomic E-state index is 0.0800. The van der Waals surface area contributed by atoms with Crippen LogP contribution in [0.1, 0.15) is 6.42 Å². The zero-order chi connectivity index (χ0) is 11.3. The second-order valence-electron chi connectivity index (χ2n) is 3.14. The van der Waals surface area contributed by atoms with Crippen LogP contribution in [-0.2, 0) is 9.84 Å². The Labute approximate surface area is 90.0 Å². The molecule has 0 aromatic heterocycles. The molecule has 2 N–H and O–H groups in total. The Morgan fingerprint density at radius 3 is 2.73 bits per heavy atom. The fourth-order valence-electron chi connectivity index (χ4n) is 1.19. The van der Waals surface area contributed by atoms with Crippen LogP contribution in [0.4, 0.5) is 0 Å². The second kappa shape index (κ2) is 5.14. The molecule has 1 aromatic rings. The maximum Gasteiger partial charge on any atom is 0.178 e. The lowest BCUT2D eigenvalue weighted by Crippen LogP contribution is -2.11. The van der Waals surface area contributed by atoms with Gasteiger partial charge in [0.05, 0.1) is 17.8 Å². The molecule has 84 valence electrons. The normalized spacial score (nSPS) is 11.3. The van der Waals surface area contributed by atoms with Crippen molar-refractivity contribution >= 4 is 9.84 Å². The minimum atomic E-state index is -3.22. The summed E-state index contributed by atoms with van der Waals surface area (Å²) in [5, 5.41) is 0. The standard InChI is InChI=1S/C10H15NO3S/c1-14-9-4-2-5-10(8-9)15(12,13)7-3-6-11/h2,4-5,8H,3,6-7,11H2,1H3. The third-order valence-electron chi connectivity index (χ3n) is 2.02. The molecule has 4 nitrogen and oxygen atoms in total. The summed E-state index contributed by atoms with van der Waals surface area (Å²) in [4.78, 5) is 0.287. The Bertz CT molecular complexity index is 414. The number of methoxy groups -OCH3 is 1. The molecule has 0 radical (unpaired) electrons. The topological polar surface area (TPSA) is 69.4 Å². The van der Waals surface area contributed by atoms with Gasteiger partial charge >= 0.3 is 0 Å². The van der Waals surface area contributed by atoms with Crippen LogP contribution >= 0.6 is 0 Å². The van der Waals surface area contributed by atoms with E-state index in [0.29, 0.717) is 18.7 Å². The third-order valence-corrected chi connectivity index (χ3v) is 3.82. The molecule has 0 saturated carbocycles. The molecule has 0 aliphatic rings. The Hall–Kier alpha value is -1.07. The first-order chi connectivity index (χ1) is 7.10. The van der Waals surface area contributed by atoms with E-state index in [1.807, 2.05) is 0 Å². The van der Waals surface area contributed by atoms with Gasteiger partial charge in [-0.2, -0.15) is 0 Å². The monoisotopic (exact) mass is 229 g/mol. The highest BCUT2D eigenvalue weighted by atomic mass is 32.2. The molecule has 1 aromatic carbocycles. The summed E-state index contributed by atoms with van der Waals surface area (Å²) in [6.45, 7) is 0.378. The first kappa shape index (κ1) is 12.0. The quantitative estimate of drug-likeness (QED) is 0.811. The molecule has 0 unspecified atom stereocenters. The predicted molar refractivity (Wildman–Crippen MR) is 58.7 cm³/mol. The minimum Gasteiger partial charge on any atom is -0.497 e. The highest BCUT2D eigenvalue weighted by Crippen LogP contribution is 2.18. The van der Waals surface area contributed by atoms with Crippen LogP contribution in [0.2, 0.25) is 0 Å². The summed E-state index contributed by atoms with van der Waals surface area (Å²) in [6.07, 6.45) is 0.472. The lowest BCUT2D eigenvalue weighted by Gasteiger charge is -2.05. The van der Waals surface area contributed by atoms with Crippen LogP contribution in [-0.4, -0.2) is 27.8 Å². The van der Waals surface area contributed by atoms with E-state index >= 15 is 0 Å². The molecule has 5 heteroatoms. The van der Waals surface area contributed by atoms with Gasteiger partial charge in [-0.1, -0.05) is 6.07 Å².